The van der Waals surface area contributed by atoms with Crippen molar-refractivity contribution in [1.82, 2.24) is 10.2 Å². The zero-order valence-electron chi connectivity index (χ0n) is 16.5. The van der Waals surface area contributed by atoms with Crippen molar-refractivity contribution in [1.29, 1.82) is 0 Å². The summed E-state index contributed by atoms with van der Waals surface area (Å²) < 4.78 is 33.6. The molecule has 7 heteroatoms. The van der Waals surface area contributed by atoms with Crippen LogP contribution in [0.4, 0.5) is 13.6 Å². The van der Waals surface area contributed by atoms with Crippen molar-refractivity contribution in [3.05, 3.63) is 35.4 Å². The predicted molar refractivity (Wildman–Crippen MR) is 104 cm³/mol. The lowest BCUT2D eigenvalue weighted by molar-refractivity contribution is -0.0160. The molecule has 1 aliphatic carbocycles. The number of nitrogens with one attached hydrogen (secondary N) is 1. The van der Waals surface area contributed by atoms with E-state index in [1.54, 1.807) is 17.0 Å². The summed E-state index contributed by atoms with van der Waals surface area (Å²) in [4.78, 5) is 14.1. The van der Waals surface area contributed by atoms with Gasteiger partial charge in [0.25, 0.3) is 0 Å². The van der Waals surface area contributed by atoms with Crippen molar-refractivity contribution < 1.29 is 18.3 Å². The molecule has 28 heavy (non-hydrogen) atoms. The van der Waals surface area contributed by atoms with Gasteiger partial charge < -0.3 is 20.7 Å². The molecule has 0 spiro atoms. The van der Waals surface area contributed by atoms with E-state index in [0.29, 0.717) is 25.3 Å². The summed E-state index contributed by atoms with van der Waals surface area (Å²) in [6.07, 6.45) is 4.98. The zero-order chi connectivity index (χ0) is 20.1. The van der Waals surface area contributed by atoms with Crippen LogP contribution in [-0.2, 0) is 4.74 Å². The second-order valence-corrected chi connectivity index (χ2v) is 7.85. The van der Waals surface area contributed by atoms with Crippen LogP contribution in [0.5, 0.6) is 0 Å². The molecular weight excluding hydrogens is 364 g/mol. The standard InChI is InChI=1S/C21H31F2N3O2/c1-2-25-21(27)26-12-4-7-18(24)19(26)13-28-15-10-8-14(9-11-15)16-5-3-6-17(22)20(16)23/h3,5-6,14-15,18-19H,2,4,7-13,24H2,1H3,(H,25,27)/t14-,15+,18-,19-/m0/s1. The number of nitrogens with zero attached hydrogens (tertiary/aromatic N) is 1. The Morgan fingerprint density at radius 3 is 2.71 bits per heavy atom. The summed E-state index contributed by atoms with van der Waals surface area (Å²) >= 11 is 0. The number of benzene rings is 1. The number of piperidine rings is 1. The Hall–Kier alpha value is -1.73. The molecule has 2 atom stereocenters. The number of nitrogens with two attached hydrogens (primary N) is 1. The smallest absolute Gasteiger partial charge is 0.317 e. The summed E-state index contributed by atoms with van der Waals surface area (Å²) in [6.45, 7) is 3.59. The van der Waals surface area contributed by atoms with Crippen LogP contribution in [0.25, 0.3) is 0 Å². The number of carbonyl (C=O) groups excluding carboxylic acids is 1. The molecule has 1 saturated heterocycles. The van der Waals surface area contributed by atoms with Crippen molar-refractivity contribution in [3.63, 3.8) is 0 Å². The molecule has 0 unspecified atom stereocenters. The van der Waals surface area contributed by atoms with E-state index < -0.39 is 11.6 Å². The van der Waals surface area contributed by atoms with Gasteiger partial charge in [-0.2, -0.15) is 0 Å². The minimum absolute atomic E-state index is 0.0271. The first-order valence-electron chi connectivity index (χ1n) is 10.4. The molecule has 5 nitrogen and oxygen atoms in total. The number of likely N-dealkylation sites (tertiary alicyclic amines) is 1. The first-order chi connectivity index (χ1) is 13.5. The van der Waals surface area contributed by atoms with Crippen LogP contribution >= 0.6 is 0 Å². The van der Waals surface area contributed by atoms with Crippen LogP contribution in [0.15, 0.2) is 18.2 Å². The number of halogens is 2. The SMILES string of the molecule is CCNC(=O)N1CCC[C@H](N)[C@@H]1CO[C@H]1CC[C@@H](c2cccc(F)c2F)CC1. The fourth-order valence-electron chi connectivity index (χ4n) is 4.42. The third-order valence-corrected chi connectivity index (χ3v) is 6.02. The molecule has 1 saturated carbocycles. The van der Waals surface area contributed by atoms with Gasteiger partial charge in [0.1, 0.15) is 0 Å². The molecule has 1 aliphatic heterocycles. The third kappa shape index (κ3) is 4.81. The van der Waals surface area contributed by atoms with Crippen molar-refractivity contribution in [2.75, 3.05) is 19.7 Å². The number of hydrogen-bond acceptors (Lipinski definition) is 3. The van der Waals surface area contributed by atoms with Gasteiger partial charge in [0, 0.05) is 19.1 Å². The summed E-state index contributed by atoms with van der Waals surface area (Å²) in [6, 6.07) is 4.09. The van der Waals surface area contributed by atoms with Crippen molar-refractivity contribution in [2.24, 2.45) is 5.73 Å². The lowest BCUT2D eigenvalue weighted by Gasteiger charge is -2.40. The van der Waals surface area contributed by atoms with Gasteiger partial charge >= 0.3 is 6.03 Å². The second kappa shape index (κ2) is 9.65. The molecular formula is C21H31F2N3O2. The highest BCUT2D eigenvalue weighted by Gasteiger charge is 2.34. The first-order valence-corrected chi connectivity index (χ1v) is 10.4. The number of hydrogen-bond donors (Lipinski definition) is 2. The monoisotopic (exact) mass is 395 g/mol. The van der Waals surface area contributed by atoms with Gasteiger partial charge in [-0.1, -0.05) is 12.1 Å². The zero-order valence-corrected chi connectivity index (χ0v) is 16.5. The summed E-state index contributed by atoms with van der Waals surface area (Å²) in [5, 5.41) is 2.85. The lowest BCUT2D eigenvalue weighted by Crippen LogP contribution is -2.58. The molecule has 0 aromatic heterocycles. The first kappa shape index (κ1) is 21.0. The number of urea groups is 1. The van der Waals surface area contributed by atoms with Crippen LogP contribution < -0.4 is 11.1 Å². The van der Waals surface area contributed by atoms with Crippen molar-refractivity contribution >= 4 is 6.03 Å². The Morgan fingerprint density at radius 1 is 1.25 bits per heavy atom. The van der Waals surface area contributed by atoms with Gasteiger partial charge in [-0.25, -0.2) is 13.6 Å². The Balaban J connectivity index is 1.52. The maximum atomic E-state index is 14.0. The Bertz CT molecular complexity index is 665. The minimum atomic E-state index is -0.785. The van der Waals surface area contributed by atoms with Crippen molar-refractivity contribution in [3.8, 4) is 0 Å². The number of carbonyl (C=O) groups is 1. The predicted octanol–water partition coefficient (Wildman–Crippen LogP) is 3.53. The van der Waals surface area contributed by atoms with E-state index in [4.69, 9.17) is 10.5 Å². The molecule has 2 fully saturated rings. The number of rotatable bonds is 5. The lowest BCUT2D eigenvalue weighted by atomic mass is 9.82. The molecule has 2 aliphatic rings. The van der Waals surface area contributed by atoms with Gasteiger partial charge in [-0.05, 0) is 63.0 Å². The minimum Gasteiger partial charge on any atom is -0.376 e. The Morgan fingerprint density at radius 2 is 2.00 bits per heavy atom. The molecule has 1 aromatic carbocycles. The summed E-state index contributed by atoms with van der Waals surface area (Å²) in [5.41, 5.74) is 6.74. The largest absolute Gasteiger partial charge is 0.376 e. The highest BCUT2D eigenvalue weighted by molar-refractivity contribution is 5.74. The third-order valence-electron chi connectivity index (χ3n) is 6.02. The second-order valence-electron chi connectivity index (χ2n) is 7.85. The van der Waals surface area contributed by atoms with Crippen LogP contribution in [0.2, 0.25) is 0 Å². The summed E-state index contributed by atoms with van der Waals surface area (Å²) in [7, 11) is 0. The fourth-order valence-corrected chi connectivity index (χ4v) is 4.42. The molecule has 0 bridgehead atoms. The maximum absolute atomic E-state index is 14.0. The van der Waals surface area contributed by atoms with E-state index in [-0.39, 0.29) is 30.1 Å². The quantitative estimate of drug-likeness (QED) is 0.802. The molecule has 1 heterocycles. The molecule has 156 valence electrons. The van der Waals surface area contributed by atoms with E-state index in [1.807, 2.05) is 6.92 Å². The van der Waals surface area contributed by atoms with Crippen molar-refractivity contribution in [2.45, 2.75) is 69.6 Å². The van der Waals surface area contributed by atoms with Crippen LogP contribution in [0.3, 0.4) is 0 Å². The van der Waals surface area contributed by atoms with Crippen LogP contribution in [-0.4, -0.2) is 48.8 Å². The van der Waals surface area contributed by atoms with Crippen LogP contribution in [0.1, 0.15) is 56.9 Å². The van der Waals surface area contributed by atoms with E-state index in [1.165, 1.54) is 0 Å². The topological polar surface area (TPSA) is 67.6 Å². The molecule has 0 radical (unpaired) electrons. The summed E-state index contributed by atoms with van der Waals surface area (Å²) in [5.74, 6) is -1.48. The van der Waals surface area contributed by atoms with Gasteiger partial charge in [-0.3, -0.25) is 0 Å². The van der Waals surface area contributed by atoms with Gasteiger partial charge in [0.2, 0.25) is 0 Å². The fraction of sp³-hybridized carbons (Fsp3) is 0.667. The average molecular weight is 395 g/mol. The Labute approximate surface area is 165 Å². The maximum Gasteiger partial charge on any atom is 0.317 e. The van der Waals surface area contributed by atoms with Crippen LogP contribution in [0, 0.1) is 11.6 Å². The van der Waals surface area contributed by atoms with Gasteiger partial charge in [-0.15, -0.1) is 0 Å². The molecule has 2 amide bonds. The molecule has 3 N–H and O–H groups in total. The van der Waals surface area contributed by atoms with E-state index in [2.05, 4.69) is 5.32 Å². The molecule has 3 rings (SSSR count). The van der Waals surface area contributed by atoms with E-state index in [0.717, 1.165) is 44.6 Å². The molecule has 1 aromatic rings. The van der Waals surface area contributed by atoms with Gasteiger partial charge in [0.15, 0.2) is 11.6 Å². The highest BCUT2D eigenvalue weighted by atomic mass is 19.2. The Kier molecular flexibility index (Phi) is 7.24. The van der Waals surface area contributed by atoms with E-state index >= 15 is 0 Å². The normalized spacial score (nSPS) is 28.2. The number of amides is 2. The number of ether oxygens (including phenoxy) is 1. The average Bonchev–Trinajstić information content (AvgIpc) is 2.70. The highest BCUT2D eigenvalue weighted by Crippen LogP contribution is 2.36. The van der Waals surface area contributed by atoms with Gasteiger partial charge in [0.05, 0.1) is 18.8 Å². The van der Waals surface area contributed by atoms with E-state index in [9.17, 15) is 13.6 Å².